The fraction of sp³-hybridized carbons (Fsp3) is 0.750. The van der Waals surface area contributed by atoms with Gasteiger partial charge in [-0.2, -0.15) is 0 Å². The van der Waals surface area contributed by atoms with Crippen LogP contribution in [0, 0.1) is 5.92 Å². The van der Waals surface area contributed by atoms with Crippen LogP contribution in [-0.2, 0) is 0 Å². The first-order chi connectivity index (χ1) is 5.77. The van der Waals surface area contributed by atoms with Crippen LogP contribution in [-0.4, -0.2) is 26.2 Å². The summed E-state index contributed by atoms with van der Waals surface area (Å²) >= 11 is 0. The van der Waals surface area contributed by atoms with Crippen LogP contribution in [0.4, 0.5) is 0 Å². The normalized spacial score (nSPS) is 35.7. The maximum Gasteiger partial charge on any atom is 0.0693 e. The number of hydrogen-bond acceptors (Lipinski definition) is 3. The summed E-state index contributed by atoms with van der Waals surface area (Å²) in [6.45, 7) is 2.07. The maximum atomic E-state index is 9.51. The standard InChI is InChI=1S/C8H13N3O/c1-6-4-7(5-8(6)12)11-3-2-9-10-11/h2-3,6-8,12H,4-5H2,1H3. The Balaban J connectivity index is 2.09. The molecule has 1 aliphatic carbocycles. The first kappa shape index (κ1) is 7.73. The van der Waals surface area contributed by atoms with E-state index in [1.807, 2.05) is 10.9 Å². The van der Waals surface area contributed by atoms with Gasteiger partial charge in [0.2, 0.25) is 0 Å². The predicted octanol–water partition coefficient (Wildman–Crippen LogP) is 0.610. The van der Waals surface area contributed by atoms with Gasteiger partial charge in [-0.1, -0.05) is 12.1 Å². The zero-order valence-electron chi connectivity index (χ0n) is 7.09. The molecule has 0 spiro atoms. The van der Waals surface area contributed by atoms with Gasteiger partial charge in [-0.15, -0.1) is 5.10 Å². The van der Waals surface area contributed by atoms with Crippen molar-refractivity contribution in [3.63, 3.8) is 0 Å². The highest BCUT2D eigenvalue weighted by atomic mass is 16.3. The van der Waals surface area contributed by atoms with E-state index in [-0.39, 0.29) is 6.10 Å². The van der Waals surface area contributed by atoms with Crippen molar-refractivity contribution in [1.29, 1.82) is 0 Å². The third kappa shape index (κ3) is 1.22. The van der Waals surface area contributed by atoms with Crippen molar-refractivity contribution < 1.29 is 5.11 Å². The van der Waals surface area contributed by atoms with Gasteiger partial charge in [0.15, 0.2) is 0 Å². The van der Waals surface area contributed by atoms with Crippen LogP contribution in [0.5, 0.6) is 0 Å². The Kier molecular flexibility index (Phi) is 1.84. The van der Waals surface area contributed by atoms with Gasteiger partial charge in [0.1, 0.15) is 0 Å². The molecule has 0 bridgehead atoms. The molecule has 1 N–H and O–H groups in total. The summed E-state index contributed by atoms with van der Waals surface area (Å²) in [5, 5.41) is 17.2. The largest absolute Gasteiger partial charge is 0.393 e. The Morgan fingerprint density at radius 1 is 1.50 bits per heavy atom. The molecular formula is C8H13N3O. The topological polar surface area (TPSA) is 50.9 Å². The van der Waals surface area contributed by atoms with Crippen LogP contribution in [0.2, 0.25) is 0 Å². The van der Waals surface area contributed by atoms with E-state index >= 15 is 0 Å². The van der Waals surface area contributed by atoms with Crippen molar-refractivity contribution in [2.45, 2.75) is 31.9 Å². The Morgan fingerprint density at radius 2 is 2.33 bits per heavy atom. The Morgan fingerprint density at radius 3 is 2.83 bits per heavy atom. The van der Waals surface area contributed by atoms with E-state index in [0.717, 1.165) is 12.8 Å². The second kappa shape index (κ2) is 2.86. The van der Waals surface area contributed by atoms with E-state index in [9.17, 15) is 5.11 Å². The molecule has 0 radical (unpaired) electrons. The van der Waals surface area contributed by atoms with Crippen LogP contribution < -0.4 is 0 Å². The molecule has 1 aromatic heterocycles. The fourth-order valence-corrected chi connectivity index (χ4v) is 1.82. The SMILES string of the molecule is CC1CC(n2ccnn2)CC1O. The summed E-state index contributed by atoms with van der Waals surface area (Å²) in [6.07, 6.45) is 5.18. The molecule has 1 aliphatic rings. The average molecular weight is 167 g/mol. The second-order valence-corrected chi connectivity index (χ2v) is 3.55. The van der Waals surface area contributed by atoms with Gasteiger partial charge in [-0.25, -0.2) is 4.68 Å². The number of aromatic nitrogens is 3. The van der Waals surface area contributed by atoms with Crippen LogP contribution in [0.1, 0.15) is 25.8 Å². The van der Waals surface area contributed by atoms with Crippen molar-refractivity contribution in [3.8, 4) is 0 Å². The lowest BCUT2D eigenvalue weighted by Crippen LogP contribution is -2.09. The van der Waals surface area contributed by atoms with Gasteiger partial charge in [0.05, 0.1) is 18.3 Å². The summed E-state index contributed by atoms with van der Waals surface area (Å²) < 4.78 is 1.84. The molecule has 4 heteroatoms. The number of rotatable bonds is 1. The molecule has 1 saturated carbocycles. The van der Waals surface area contributed by atoms with Gasteiger partial charge < -0.3 is 5.11 Å². The average Bonchev–Trinajstić information content (AvgIpc) is 2.61. The highest BCUT2D eigenvalue weighted by molar-refractivity contribution is 4.85. The molecule has 0 amide bonds. The first-order valence-corrected chi connectivity index (χ1v) is 4.31. The molecule has 3 atom stereocenters. The molecule has 12 heavy (non-hydrogen) atoms. The number of hydrogen-bond donors (Lipinski definition) is 1. The van der Waals surface area contributed by atoms with Crippen molar-refractivity contribution in [2.24, 2.45) is 5.92 Å². The van der Waals surface area contributed by atoms with Crippen LogP contribution in [0.25, 0.3) is 0 Å². The van der Waals surface area contributed by atoms with Gasteiger partial charge in [0.25, 0.3) is 0 Å². The number of aliphatic hydroxyl groups excluding tert-OH is 1. The molecule has 1 heterocycles. The molecule has 1 fully saturated rings. The fourth-order valence-electron chi connectivity index (χ4n) is 1.82. The highest BCUT2D eigenvalue weighted by Crippen LogP contribution is 2.33. The lowest BCUT2D eigenvalue weighted by atomic mass is 10.1. The zero-order valence-corrected chi connectivity index (χ0v) is 7.09. The number of aliphatic hydroxyl groups is 1. The van der Waals surface area contributed by atoms with Crippen LogP contribution in [0.15, 0.2) is 12.4 Å². The molecule has 66 valence electrons. The Labute approximate surface area is 71.2 Å². The quantitative estimate of drug-likeness (QED) is 0.666. The summed E-state index contributed by atoms with van der Waals surface area (Å²) in [7, 11) is 0. The van der Waals surface area contributed by atoms with E-state index in [1.54, 1.807) is 6.20 Å². The Bertz CT molecular complexity index is 237. The molecule has 4 nitrogen and oxygen atoms in total. The summed E-state index contributed by atoms with van der Waals surface area (Å²) in [4.78, 5) is 0. The minimum Gasteiger partial charge on any atom is -0.393 e. The second-order valence-electron chi connectivity index (χ2n) is 3.55. The van der Waals surface area contributed by atoms with E-state index in [1.165, 1.54) is 0 Å². The minimum atomic E-state index is -0.167. The van der Waals surface area contributed by atoms with E-state index in [0.29, 0.717) is 12.0 Å². The van der Waals surface area contributed by atoms with Gasteiger partial charge in [-0.05, 0) is 18.8 Å². The summed E-state index contributed by atoms with van der Waals surface area (Å²) in [5.41, 5.74) is 0. The van der Waals surface area contributed by atoms with E-state index < -0.39 is 0 Å². The maximum absolute atomic E-state index is 9.51. The zero-order chi connectivity index (χ0) is 8.55. The smallest absolute Gasteiger partial charge is 0.0693 e. The molecule has 0 saturated heterocycles. The Hall–Kier alpha value is -0.900. The monoisotopic (exact) mass is 167 g/mol. The lowest BCUT2D eigenvalue weighted by molar-refractivity contribution is 0.139. The number of nitrogens with zero attached hydrogens (tertiary/aromatic N) is 3. The van der Waals surface area contributed by atoms with Crippen molar-refractivity contribution in [2.75, 3.05) is 0 Å². The summed E-state index contributed by atoms with van der Waals surface area (Å²) in [5.74, 6) is 0.388. The molecule has 1 aromatic rings. The van der Waals surface area contributed by atoms with Gasteiger partial charge in [-0.3, -0.25) is 0 Å². The van der Waals surface area contributed by atoms with E-state index in [4.69, 9.17) is 0 Å². The molecule has 2 rings (SSSR count). The minimum absolute atomic E-state index is 0.167. The van der Waals surface area contributed by atoms with Crippen molar-refractivity contribution >= 4 is 0 Å². The first-order valence-electron chi connectivity index (χ1n) is 4.31. The molecule has 3 unspecified atom stereocenters. The lowest BCUT2D eigenvalue weighted by Gasteiger charge is -2.07. The van der Waals surface area contributed by atoms with E-state index in [2.05, 4.69) is 17.2 Å². The third-order valence-electron chi connectivity index (χ3n) is 2.63. The van der Waals surface area contributed by atoms with Crippen molar-refractivity contribution in [3.05, 3.63) is 12.4 Å². The molecule has 0 aromatic carbocycles. The molecular weight excluding hydrogens is 154 g/mol. The van der Waals surface area contributed by atoms with Crippen LogP contribution in [0.3, 0.4) is 0 Å². The molecule has 0 aliphatic heterocycles. The summed E-state index contributed by atoms with van der Waals surface area (Å²) in [6, 6.07) is 0.345. The predicted molar refractivity (Wildman–Crippen MR) is 43.5 cm³/mol. The van der Waals surface area contributed by atoms with Gasteiger partial charge in [0, 0.05) is 6.20 Å². The van der Waals surface area contributed by atoms with Gasteiger partial charge >= 0.3 is 0 Å². The third-order valence-corrected chi connectivity index (χ3v) is 2.63. The van der Waals surface area contributed by atoms with Crippen LogP contribution >= 0.6 is 0 Å². The highest BCUT2D eigenvalue weighted by Gasteiger charge is 2.30. The van der Waals surface area contributed by atoms with Crippen molar-refractivity contribution in [1.82, 2.24) is 15.0 Å².